The molecule has 0 aromatic carbocycles. The van der Waals surface area contributed by atoms with E-state index in [9.17, 15) is 4.79 Å². The number of rotatable bonds is 4. The minimum absolute atomic E-state index is 0.252. The normalized spacial score (nSPS) is 11.8. The van der Waals surface area contributed by atoms with E-state index in [0.29, 0.717) is 22.4 Å². The average Bonchev–Trinajstić information content (AvgIpc) is 2.96. The van der Waals surface area contributed by atoms with E-state index in [1.165, 1.54) is 6.20 Å². The van der Waals surface area contributed by atoms with Crippen molar-refractivity contribution in [3.8, 4) is 12.3 Å². The topological polar surface area (TPSA) is 69.9 Å². The Kier molecular flexibility index (Phi) is 4.02. The first-order valence-corrected chi connectivity index (χ1v) is 7.01. The van der Waals surface area contributed by atoms with Gasteiger partial charge in [0.1, 0.15) is 5.52 Å². The zero-order chi connectivity index (χ0) is 16.2. The molecule has 0 spiro atoms. The fourth-order valence-corrected chi connectivity index (χ4v) is 2.21. The molecule has 3 rings (SSSR count). The summed E-state index contributed by atoms with van der Waals surface area (Å²) >= 11 is 0. The summed E-state index contributed by atoms with van der Waals surface area (Å²) in [6, 6.07) is 7.03. The minimum atomic E-state index is -0.590. The van der Waals surface area contributed by atoms with Crippen molar-refractivity contribution >= 4 is 17.1 Å². The van der Waals surface area contributed by atoms with Crippen molar-refractivity contribution in [1.29, 1.82) is 0 Å². The van der Waals surface area contributed by atoms with Crippen molar-refractivity contribution in [1.82, 2.24) is 19.5 Å². The predicted molar refractivity (Wildman–Crippen MR) is 84.4 cm³/mol. The molecule has 0 aliphatic carbocycles. The molecule has 0 bridgehead atoms. The number of esters is 1. The summed E-state index contributed by atoms with van der Waals surface area (Å²) in [6.45, 7) is 0. The number of carbonyl (C=O) groups excluding carboxylic acids is 1. The zero-order valence-electron chi connectivity index (χ0n) is 12.5. The van der Waals surface area contributed by atoms with E-state index >= 15 is 0 Å². The van der Waals surface area contributed by atoms with Crippen molar-refractivity contribution in [2.75, 3.05) is 0 Å². The van der Waals surface area contributed by atoms with Gasteiger partial charge >= 0.3 is 5.97 Å². The number of hydrogen-bond donors (Lipinski definition) is 0. The maximum Gasteiger partial charge on any atom is 0.340 e. The van der Waals surface area contributed by atoms with Crippen LogP contribution in [-0.2, 0) is 11.8 Å². The van der Waals surface area contributed by atoms with Crippen LogP contribution in [0.15, 0.2) is 43.0 Å². The quantitative estimate of drug-likeness (QED) is 0.546. The second-order valence-electron chi connectivity index (χ2n) is 4.98. The van der Waals surface area contributed by atoms with Crippen LogP contribution in [0.2, 0.25) is 0 Å². The molecule has 3 heterocycles. The SMILES string of the molecule is C#CC[C@H](OC(=O)c1cnc2c(c1)ncn2C)c1ccccn1. The van der Waals surface area contributed by atoms with Crippen molar-refractivity contribution in [3.05, 3.63) is 54.2 Å². The largest absolute Gasteiger partial charge is 0.451 e. The Morgan fingerprint density at radius 3 is 3.00 bits per heavy atom. The Balaban J connectivity index is 1.84. The van der Waals surface area contributed by atoms with Crippen molar-refractivity contribution in [3.63, 3.8) is 0 Å². The van der Waals surface area contributed by atoms with Gasteiger partial charge in [-0.05, 0) is 18.2 Å². The Morgan fingerprint density at radius 1 is 1.39 bits per heavy atom. The third kappa shape index (κ3) is 3.04. The monoisotopic (exact) mass is 306 g/mol. The van der Waals surface area contributed by atoms with Crippen molar-refractivity contribution < 1.29 is 9.53 Å². The van der Waals surface area contributed by atoms with Gasteiger partial charge in [-0.2, -0.15) is 0 Å². The average molecular weight is 306 g/mol. The molecule has 0 aliphatic heterocycles. The number of terminal acetylenes is 1. The second-order valence-corrected chi connectivity index (χ2v) is 4.98. The van der Waals surface area contributed by atoms with Gasteiger partial charge in [0, 0.05) is 19.4 Å². The summed E-state index contributed by atoms with van der Waals surface area (Å²) in [4.78, 5) is 25.0. The smallest absolute Gasteiger partial charge is 0.340 e. The van der Waals surface area contributed by atoms with Crippen LogP contribution in [0.3, 0.4) is 0 Å². The third-order valence-electron chi connectivity index (χ3n) is 3.36. The van der Waals surface area contributed by atoms with Crippen LogP contribution in [0.4, 0.5) is 0 Å². The first-order chi connectivity index (χ1) is 11.2. The van der Waals surface area contributed by atoms with Crippen LogP contribution in [0.25, 0.3) is 11.2 Å². The van der Waals surface area contributed by atoms with E-state index < -0.39 is 12.1 Å². The lowest BCUT2D eigenvalue weighted by Crippen LogP contribution is -2.13. The maximum absolute atomic E-state index is 12.4. The highest BCUT2D eigenvalue weighted by molar-refractivity contribution is 5.92. The highest BCUT2D eigenvalue weighted by atomic mass is 16.5. The van der Waals surface area contributed by atoms with Gasteiger partial charge in [-0.15, -0.1) is 12.3 Å². The van der Waals surface area contributed by atoms with Crippen LogP contribution >= 0.6 is 0 Å². The molecule has 0 saturated heterocycles. The molecule has 114 valence electrons. The predicted octanol–water partition coefficient (Wildman–Crippen LogP) is 2.28. The number of aromatic nitrogens is 4. The summed E-state index contributed by atoms with van der Waals surface area (Å²) < 4.78 is 7.28. The van der Waals surface area contributed by atoms with E-state index in [0.717, 1.165) is 0 Å². The van der Waals surface area contributed by atoms with Crippen LogP contribution < -0.4 is 0 Å². The van der Waals surface area contributed by atoms with Gasteiger partial charge in [-0.3, -0.25) is 4.98 Å². The number of ether oxygens (including phenoxy) is 1. The van der Waals surface area contributed by atoms with Crippen LogP contribution in [0.5, 0.6) is 0 Å². The van der Waals surface area contributed by atoms with E-state index in [-0.39, 0.29) is 6.42 Å². The molecule has 0 amide bonds. The maximum atomic E-state index is 12.4. The number of nitrogens with zero attached hydrogens (tertiary/aromatic N) is 4. The molecule has 0 fully saturated rings. The van der Waals surface area contributed by atoms with E-state index in [1.807, 2.05) is 13.1 Å². The number of pyridine rings is 2. The molecule has 0 N–H and O–H groups in total. The zero-order valence-corrected chi connectivity index (χ0v) is 12.5. The molecule has 0 unspecified atom stereocenters. The molecule has 0 radical (unpaired) electrons. The highest BCUT2D eigenvalue weighted by Crippen LogP contribution is 2.21. The van der Waals surface area contributed by atoms with E-state index in [2.05, 4.69) is 20.9 Å². The van der Waals surface area contributed by atoms with E-state index in [4.69, 9.17) is 11.2 Å². The van der Waals surface area contributed by atoms with Gasteiger partial charge < -0.3 is 9.30 Å². The second kappa shape index (κ2) is 6.28. The Morgan fingerprint density at radius 2 is 2.26 bits per heavy atom. The van der Waals surface area contributed by atoms with Crippen LogP contribution in [-0.4, -0.2) is 25.5 Å². The number of imidazole rings is 1. The Bertz CT molecular complexity index is 880. The Hall–Kier alpha value is -3.20. The molecule has 1 atom stereocenters. The molecule has 0 saturated carbocycles. The molecule has 0 aliphatic rings. The van der Waals surface area contributed by atoms with Crippen molar-refractivity contribution in [2.24, 2.45) is 7.05 Å². The number of aryl methyl sites for hydroxylation is 1. The highest BCUT2D eigenvalue weighted by Gasteiger charge is 2.19. The summed E-state index contributed by atoms with van der Waals surface area (Å²) in [6.07, 6.45) is 9.77. The molecule has 23 heavy (non-hydrogen) atoms. The lowest BCUT2D eigenvalue weighted by molar-refractivity contribution is 0.0298. The van der Waals surface area contributed by atoms with Gasteiger partial charge in [-0.1, -0.05) is 6.07 Å². The molecule has 6 heteroatoms. The summed E-state index contributed by atoms with van der Waals surface area (Å²) in [5.74, 6) is 2.00. The molecule has 3 aromatic heterocycles. The van der Waals surface area contributed by atoms with Gasteiger partial charge in [-0.25, -0.2) is 14.8 Å². The minimum Gasteiger partial charge on any atom is -0.451 e. The first kappa shape index (κ1) is 14.7. The van der Waals surface area contributed by atoms with Gasteiger partial charge in [0.2, 0.25) is 0 Å². The fraction of sp³-hybridized carbons (Fsp3) is 0.176. The summed E-state index contributed by atoms with van der Waals surface area (Å²) in [7, 11) is 1.84. The van der Waals surface area contributed by atoms with Crippen molar-refractivity contribution in [2.45, 2.75) is 12.5 Å². The van der Waals surface area contributed by atoms with Gasteiger partial charge in [0.05, 0.1) is 24.0 Å². The van der Waals surface area contributed by atoms with Crippen LogP contribution in [0.1, 0.15) is 28.6 Å². The molecular weight excluding hydrogens is 292 g/mol. The lowest BCUT2D eigenvalue weighted by Gasteiger charge is -2.15. The fourth-order valence-electron chi connectivity index (χ4n) is 2.21. The number of hydrogen-bond acceptors (Lipinski definition) is 5. The van der Waals surface area contributed by atoms with Gasteiger partial charge in [0.25, 0.3) is 0 Å². The number of carbonyl (C=O) groups is 1. The first-order valence-electron chi connectivity index (χ1n) is 7.01. The van der Waals surface area contributed by atoms with E-state index in [1.54, 1.807) is 35.3 Å². The Labute approximate surface area is 133 Å². The molecular formula is C17H14N4O2. The molecule has 6 nitrogen and oxygen atoms in total. The van der Waals surface area contributed by atoms with Gasteiger partial charge in [0.15, 0.2) is 11.8 Å². The summed E-state index contributed by atoms with van der Waals surface area (Å²) in [5, 5.41) is 0. The van der Waals surface area contributed by atoms with Crippen LogP contribution in [0, 0.1) is 12.3 Å². The summed E-state index contributed by atoms with van der Waals surface area (Å²) in [5.41, 5.74) is 2.28. The molecule has 3 aromatic rings. The third-order valence-corrected chi connectivity index (χ3v) is 3.36. The standard InChI is InChI=1S/C17H14N4O2/c1-3-6-15(13-7-4-5-8-18-13)23-17(22)12-9-14-16(19-10-12)21(2)11-20-14/h1,4-5,7-11,15H,6H2,2H3/t15-/m0/s1. The number of fused-ring (bicyclic) bond motifs is 1. The lowest BCUT2D eigenvalue weighted by atomic mass is 10.1.